The van der Waals surface area contributed by atoms with E-state index in [1.807, 2.05) is 18.2 Å². The second kappa shape index (κ2) is 7.22. The van der Waals surface area contributed by atoms with Crippen LogP contribution in [0.3, 0.4) is 0 Å². The Labute approximate surface area is 125 Å². The number of hydrogen-bond acceptors (Lipinski definition) is 3. The standard InChI is InChI=1S/C16H23N3O2/c1-3-5-12(17-8-4-2)11-6-7-13-14(9-11)19-16(21)10-15(20)18-13/h6-7,9,12,17H,3-5,8,10H2,1-2H3,(H,18,20)(H,19,21). The molecule has 0 saturated heterocycles. The van der Waals surface area contributed by atoms with Crippen LogP contribution in [0.25, 0.3) is 0 Å². The van der Waals surface area contributed by atoms with Gasteiger partial charge in [-0.2, -0.15) is 0 Å². The Morgan fingerprint density at radius 2 is 1.81 bits per heavy atom. The maximum absolute atomic E-state index is 11.6. The molecule has 1 heterocycles. The van der Waals surface area contributed by atoms with Gasteiger partial charge in [0.25, 0.3) is 0 Å². The molecule has 114 valence electrons. The summed E-state index contributed by atoms with van der Waals surface area (Å²) in [7, 11) is 0. The van der Waals surface area contributed by atoms with Gasteiger partial charge >= 0.3 is 0 Å². The summed E-state index contributed by atoms with van der Waals surface area (Å²) in [6.45, 7) is 5.26. The fourth-order valence-electron chi connectivity index (χ4n) is 2.52. The number of carbonyl (C=O) groups excluding carboxylic acids is 2. The van der Waals surface area contributed by atoms with Crippen molar-refractivity contribution in [3.63, 3.8) is 0 Å². The molecule has 5 heteroatoms. The Bertz CT molecular complexity index is 528. The predicted molar refractivity (Wildman–Crippen MR) is 84.3 cm³/mol. The Hall–Kier alpha value is -1.88. The summed E-state index contributed by atoms with van der Waals surface area (Å²) >= 11 is 0. The molecule has 1 aliphatic heterocycles. The van der Waals surface area contributed by atoms with Crippen molar-refractivity contribution in [1.29, 1.82) is 0 Å². The summed E-state index contributed by atoms with van der Waals surface area (Å²) in [5.74, 6) is -0.537. The van der Waals surface area contributed by atoms with E-state index in [0.29, 0.717) is 11.4 Å². The first-order valence-electron chi connectivity index (χ1n) is 7.61. The third-order valence-electron chi connectivity index (χ3n) is 3.53. The quantitative estimate of drug-likeness (QED) is 0.705. The van der Waals surface area contributed by atoms with Crippen LogP contribution in [0.4, 0.5) is 11.4 Å². The van der Waals surface area contributed by atoms with E-state index in [-0.39, 0.29) is 24.3 Å². The average molecular weight is 289 g/mol. The van der Waals surface area contributed by atoms with Gasteiger partial charge in [0.2, 0.25) is 11.8 Å². The zero-order valence-corrected chi connectivity index (χ0v) is 12.7. The van der Waals surface area contributed by atoms with Crippen LogP contribution in [0.1, 0.15) is 51.1 Å². The summed E-state index contributed by atoms with van der Waals surface area (Å²) in [6, 6.07) is 6.11. The lowest BCUT2D eigenvalue weighted by Crippen LogP contribution is -2.22. The molecule has 1 aromatic carbocycles. The SMILES string of the molecule is CCCNC(CCC)c1ccc2c(c1)NC(=O)CC(=O)N2. The van der Waals surface area contributed by atoms with Gasteiger partial charge in [-0.15, -0.1) is 0 Å². The zero-order valence-electron chi connectivity index (χ0n) is 12.7. The molecule has 0 radical (unpaired) electrons. The molecule has 0 spiro atoms. The lowest BCUT2D eigenvalue weighted by Gasteiger charge is -2.20. The Balaban J connectivity index is 2.25. The Morgan fingerprint density at radius 3 is 2.48 bits per heavy atom. The van der Waals surface area contributed by atoms with Crippen LogP contribution in [0.5, 0.6) is 0 Å². The first-order valence-corrected chi connectivity index (χ1v) is 7.61. The number of rotatable bonds is 6. The maximum atomic E-state index is 11.6. The Morgan fingerprint density at radius 1 is 1.10 bits per heavy atom. The van der Waals surface area contributed by atoms with Gasteiger partial charge in [-0.3, -0.25) is 9.59 Å². The van der Waals surface area contributed by atoms with Crippen molar-refractivity contribution in [2.75, 3.05) is 17.2 Å². The molecule has 1 unspecified atom stereocenters. The third kappa shape index (κ3) is 4.04. The molecule has 2 rings (SSSR count). The summed E-state index contributed by atoms with van der Waals surface area (Å²) in [6.07, 6.45) is 3.08. The van der Waals surface area contributed by atoms with Crippen LogP contribution in [0.2, 0.25) is 0 Å². The average Bonchev–Trinajstić information content (AvgIpc) is 2.59. The molecule has 1 aliphatic rings. The van der Waals surface area contributed by atoms with Crippen molar-refractivity contribution < 1.29 is 9.59 Å². The summed E-state index contributed by atoms with van der Waals surface area (Å²) in [5, 5.41) is 9.08. The summed E-state index contributed by atoms with van der Waals surface area (Å²) in [4.78, 5) is 23.2. The van der Waals surface area contributed by atoms with Crippen LogP contribution < -0.4 is 16.0 Å². The lowest BCUT2D eigenvalue weighted by atomic mass is 10.0. The Kier molecular flexibility index (Phi) is 5.33. The van der Waals surface area contributed by atoms with E-state index in [1.165, 1.54) is 0 Å². The van der Waals surface area contributed by atoms with E-state index in [1.54, 1.807) is 0 Å². The number of hydrogen-bond donors (Lipinski definition) is 3. The first-order chi connectivity index (χ1) is 10.1. The van der Waals surface area contributed by atoms with Gasteiger partial charge in [0.15, 0.2) is 0 Å². The second-order valence-electron chi connectivity index (χ2n) is 5.37. The molecular weight excluding hydrogens is 266 g/mol. The van der Waals surface area contributed by atoms with Gasteiger partial charge in [0, 0.05) is 6.04 Å². The molecule has 0 fully saturated rings. The molecule has 0 bridgehead atoms. The van der Waals surface area contributed by atoms with E-state index in [2.05, 4.69) is 29.8 Å². The molecule has 0 aliphatic carbocycles. The van der Waals surface area contributed by atoms with Gasteiger partial charge in [0.1, 0.15) is 6.42 Å². The van der Waals surface area contributed by atoms with E-state index >= 15 is 0 Å². The highest BCUT2D eigenvalue weighted by atomic mass is 16.2. The van der Waals surface area contributed by atoms with Crippen LogP contribution in [0.15, 0.2) is 18.2 Å². The predicted octanol–water partition coefficient (Wildman–Crippen LogP) is 2.81. The first kappa shape index (κ1) is 15.5. The number of benzene rings is 1. The number of nitrogens with one attached hydrogen (secondary N) is 3. The van der Waals surface area contributed by atoms with Crippen LogP contribution in [-0.2, 0) is 9.59 Å². The molecule has 21 heavy (non-hydrogen) atoms. The number of carbonyl (C=O) groups is 2. The van der Waals surface area contributed by atoms with Gasteiger partial charge in [-0.05, 0) is 37.1 Å². The van der Waals surface area contributed by atoms with Crippen LogP contribution in [0, 0.1) is 0 Å². The van der Waals surface area contributed by atoms with Crippen molar-refractivity contribution in [3.05, 3.63) is 23.8 Å². The third-order valence-corrected chi connectivity index (χ3v) is 3.53. The second-order valence-corrected chi connectivity index (χ2v) is 5.37. The normalized spacial score (nSPS) is 15.7. The monoisotopic (exact) mass is 289 g/mol. The van der Waals surface area contributed by atoms with Gasteiger partial charge in [-0.1, -0.05) is 26.3 Å². The largest absolute Gasteiger partial charge is 0.324 e. The van der Waals surface area contributed by atoms with Crippen molar-refractivity contribution in [2.45, 2.75) is 45.6 Å². The number of anilines is 2. The molecule has 1 aromatic rings. The topological polar surface area (TPSA) is 70.2 Å². The van der Waals surface area contributed by atoms with Gasteiger partial charge < -0.3 is 16.0 Å². The minimum Gasteiger partial charge on any atom is -0.324 e. The maximum Gasteiger partial charge on any atom is 0.233 e. The van der Waals surface area contributed by atoms with Crippen molar-refractivity contribution >= 4 is 23.2 Å². The van der Waals surface area contributed by atoms with Crippen molar-refractivity contribution in [3.8, 4) is 0 Å². The summed E-state index contributed by atoms with van der Waals surface area (Å²) in [5.41, 5.74) is 2.49. The molecular formula is C16H23N3O2. The smallest absolute Gasteiger partial charge is 0.233 e. The minimum atomic E-state index is -0.270. The zero-order chi connectivity index (χ0) is 15.2. The molecule has 2 amide bonds. The van der Waals surface area contributed by atoms with Gasteiger partial charge in [-0.25, -0.2) is 0 Å². The highest BCUT2D eigenvalue weighted by Crippen LogP contribution is 2.29. The van der Waals surface area contributed by atoms with Gasteiger partial charge in [0.05, 0.1) is 11.4 Å². The van der Waals surface area contributed by atoms with E-state index in [0.717, 1.165) is 31.4 Å². The fourth-order valence-corrected chi connectivity index (χ4v) is 2.52. The van der Waals surface area contributed by atoms with Crippen LogP contribution in [-0.4, -0.2) is 18.4 Å². The van der Waals surface area contributed by atoms with E-state index in [4.69, 9.17) is 0 Å². The van der Waals surface area contributed by atoms with Crippen LogP contribution >= 0.6 is 0 Å². The number of fused-ring (bicyclic) bond motifs is 1. The van der Waals surface area contributed by atoms with E-state index < -0.39 is 0 Å². The number of amides is 2. The lowest BCUT2D eigenvalue weighted by molar-refractivity contribution is -0.123. The van der Waals surface area contributed by atoms with Crippen molar-refractivity contribution in [1.82, 2.24) is 5.32 Å². The molecule has 3 N–H and O–H groups in total. The summed E-state index contributed by atoms with van der Waals surface area (Å²) < 4.78 is 0. The molecule has 0 saturated carbocycles. The molecule has 5 nitrogen and oxygen atoms in total. The molecule has 1 atom stereocenters. The fraction of sp³-hybridized carbons (Fsp3) is 0.500. The highest BCUT2D eigenvalue weighted by molar-refractivity contribution is 6.13. The molecule has 0 aromatic heterocycles. The van der Waals surface area contributed by atoms with E-state index in [9.17, 15) is 9.59 Å². The highest BCUT2D eigenvalue weighted by Gasteiger charge is 2.19. The van der Waals surface area contributed by atoms with Crippen molar-refractivity contribution in [2.24, 2.45) is 0 Å². The minimum absolute atomic E-state index is 0.128.